The van der Waals surface area contributed by atoms with E-state index < -0.39 is 0 Å². The lowest BCUT2D eigenvalue weighted by atomic mass is 9.99. The number of aryl methyl sites for hydroxylation is 1. The Labute approximate surface area is 93.2 Å². The third-order valence-electron chi connectivity index (χ3n) is 2.48. The minimum absolute atomic E-state index is 0.0975. The van der Waals surface area contributed by atoms with E-state index in [9.17, 15) is 15.3 Å². The Bertz CT molecular complexity index is 533. The Balaban J connectivity index is 2.62. The fourth-order valence-electron chi connectivity index (χ4n) is 1.69. The molecule has 0 aromatic heterocycles. The molecule has 3 nitrogen and oxygen atoms in total. The third kappa shape index (κ3) is 1.80. The Hall–Kier alpha value is -2.16. The van der Waals surface area contributed by atoms with Crippen LogP contribution in [0.5, 0.6) is 17.2 Å². The van der Waals surface area contributed by atoms with E-state index in [0.29, 0.717) is 5.56 Å². The molecular formula is C13H12O3. The van der Waals surface area contributed by atoms with Gasteiger partial charge in [-0.3, -0.25) is 0 Å². The molecule has 0 heterocycles. The summed E-state index contributed by atoms with van der Waals surface area (Å²) in [4.78, 5) is 0. The van der Waals surface area contributed by atoms with Crippen molar-refractivity contribution in [2.45, 2.75) is 6.92 Å². The summed E-state index contributed by atoms with van der Waals surface area (Å²) >= 11 is 0. The van der Waals surface area contributed by atoms with Gasteiger partial charge in [-0.15, -0.1) is 0 Å². The lowest BCUT2D eigenvalue weighted by molar-refractivity contribution is 0.461. The van der Waals surface area contributed by atoms with E-state index in [4.69, 9.17) is 0 Å². The SMILES string of the molecule is Cc1cc(O)ccc1-c1cc(O)ccc1O. The van der Waals surface area contributed by atoms with Crippen LogP contribution < -0.4 is 0 Å². The molecule has 0 radical (unpaired) electrons. The van der Waals surface area contributed by atoms with Crippen molar-refractivity contribution < 1.29 is 15.3 Å². The monoisotopic (exact) mass is 216 g/mol. The smallest absolute Gasteiger partial charge is 0.123 e. The van der Waals surface area contributed by atoms with Crippen LogP contribution in [0.3, 0.4) is 0 Å². The molecule has 0 saturated heterocycles. The predicted molar refractivity (Wildman–Crippen MR) is 61.6 cm³/mol. The van der Waals surface area contributed by atoms with Gasteiger partial charge < -0.3 is 15.3 Å². The van der Waals surface area contributed by atoms with Crippen molar-refractivity contribution in [3.63, 3.8) is 0 Å². The van der Waals surface area contributed by atoms with E-state index in [-0.39, 0.29) is 17.2 Å². The van der Waals surface area contributed by atoms with Gasteiger partial charge in [-0.05, 0) is 48.4 Å². The molecule has 0 unspecified atom stereocenters. The molecule has 0 saturated carbocycles. The Kier molecular flexibility index (Phi) is 2.44. The standard InChI is InChI=1S/C13H12O3/c1-8-6-9(14)2-4-11(8)12-7-10(15)3-5-13(12)16/h2-7,14-16H,1H3. The van der Waals surface area contributed by atoms with Gasteiger partial charge in [0.05, 0.1) is 0 Å². The van der Waals surface area contributed by atoms with Crippen molar-refractivity contribution in [3.05, 3.63) is 42.0 Å². The van der Waals surface area contributed by atoms with E-state index >= 15 is 0 Å². The molecule has 2 rings (SSSR count). The second-order valence-electron chi connectivity index (χ2n) is 3.70. The van der Waals surface area contributed by atoms with Crippen LogP contribution in [0.25, 0.3) is 11.1 Å². The summed E-state index contributed by atoms with van der Waals surface area (Å²) in [5, 5.41) is 28.4. The zero-order valence-corrected chi connectivity index (χ0v) is 8.81. The summed E-state index contributed by atoms with van der Waals surface area (Å²) in [6.07, 6.45) is 0. The topological polar surface area (TPSA) is 60.7 Å². The molecule has 0 aliphatic carbocycles. The van der Waals surface area contributed by atoms with Gasteiger partial charge in [-0.1, -0.05) is 6.07 Å². The van der Waals surface area contributed by atoms with Crippen LogP contribution in [0, 0.1) is 6.92 Å². The molecule has 0 fully saturated rings. The average molecular weight is 216 g/mol. The van der Waals surface area contributed by atoms with Gasteiger partial charge in [-0.25, -0.2) is 0 Å². The van der Waals surface area contributed by atoms with Crippen LogP contribution >= 0.6 is 0 Å². The second-order valence-corrected chi connectivity index (χ2v) is 3.70. The molecule has 0 aliphatic rings. The van der Waals surface area contributed by atoms with Crippen LogP contribution in [0.2, 0.25) is 0 Å². The summed E-state index contributed by atoms with van der Waals surface area (Å²) in [6, 6.07) is 9.23. The highest BCUT2D eigenvalue weighted by molar-refractivity contribution is 5.74. The first-order chi connectivity index (χ1) is 7.58. The molecule has 0 spiro atoms. The Morgan fingerprint density at radius 1 is 0.750 bits per heavy atom. The summed E-state index contributed by atoms with van der Waals surface area (Å²) < 4.78 is 0. The van der Waals surface area contributed by atoms with Crippen molar-refractivity contribution in [2.24, 2.45) is 0 Å². The number of hydrogen-bond donors (Lipinski definition) is 3. The summed E-state index contributed by atoms with van der Waals surface area (Å²) in [7, 11) is 0. The molecule has 2 aromatic rings. The highest BCUT2D eigenvalue weighted by atomic mass is 16.3. The molecule has 16 heavy (non-hydrogen) atoms. The number of phenolic OH excluding ortho intramolecular Hbond substituents is 3. The number of rotatable bonds is 1. The summed E-state index contributed by atoms with van der Waals surface area (Å²) in [5.41, 5.74) is 2.17. The van der Waals surface area contributed by atoms with Gasteiger partial charge in [0.1, 0.15) is 17.2 Å². The molecule has 2 aromatic carbocycles. The van der Waals surface area contributed by atoms with Crippen LogP contribution in [-0.4, -0.2) is 15.3 Å². The minimum atomic E-state index is 0.0975. The van der Waals surface area contributed by atoms with Gasteiger partial charge in [0, 0.05) is 5.56 Å². The van der Waals surface area contributed by atoms with E-state index in [2.05, 4.69) is 0 Å². The maximum Gasteiger partial charge on any atom is 0.123 e. The highest BCUT2D eigenvalue weighted by Crippen LogP contribution is 2.35. The lowest BCUT2D eigenvalue weighted by Gasteiger charge is -2.09. The zero-order chi connectivity index (χ0) is 11.7. The van der Waals surface area contributed by atoms with E-state index in [1.54, 1.807) is 18.2 Å². The second kappa shape index (κ2) is 3.77. The van der Waals surface area contributed by atoms with Gasteiger partial charge in [0.2, 0.25) is 0 Å². The molecule has 3 heteroatoms. The quantitative estimate of drug-likeness (QED) is 0.642. The fraction of sp³-hybridized carbons (Fsp3) is 0.0769. The Morgan fingerprint density at radius 2 is 1.38 bits per heavy atom. The first kappa shape index (κ1) is 10.4. The average Bonchev–Trinajstić information content (AvgIpc) is 2.22. The normalized spacial score (nSPS) is 10.3. The van der Waals surface area contributed by atoms with Crippen molar-refractivity contribution >= 4 is 0 Å². The number of benzene rings is 2. The van der Waals surface area contributed by atoms with Crippen LogP contribution in [0.15, 0.2) is 36.4 Å². The van der Waals surface area contributed by atoms with Crippen molar-refractivity contribution in [1.82, 2.24) is 0 Å². The fourth-order valence-corrected chi connectivity index (χ4v) is 1.69. The first-order valence-corrected chi connectivity index (χ1v) is 4.90. The van der Waals surface area contributed by atoms with Gasteiger partial charge in [-0.2, -0.15) is 0 Å². The minimum Gasteiger partial charge on any atom is -0.508 e. The van der Waals surface area contributed by atoms with Crippen molar-refractivity contribution in [2.75, 3.05) is 0 Å². The van der Waals surface area contributed by atoms with Crippen LogP contribution in [0.1, 0.15) is 5.56 Å². The molecule has 0 bridgehead atoms. The summed E-state index contributed by atoms with van der Waals surface area (Å²) in [5.74, 6) is 0.382. The molecule has 0 amide bonds. The van der Waals surface area contributed by atoms with E-state index in [1.165, 1.54) is 18.2 Å². The maximum absolute atomic E-state index is 9.71. The maximum atomic E-state index is 9.71. The molecule has 0 atom stereocenters. The zero-order valence-electron chi connectivity index (χ0n) is 8.81. The van der Waals surface area contributed by atoms with E-state index in [0.717, 1.165) is 11.1 Å². The highest BCUT2D eigenvalue weighted by Gasteiger charge is 2.08. The van der Waals surface area contributed by atoms with Crippen LogP contribution in [-0.2, 0) is 0 Å². The molecule has 0 aliphatic heterocycles. The number of hydrogen-bond acceptors (Lipinski definition) is 3. The molecular weight excluding hydrogens is 204 g/mol. The first-order valence-electron chi connectivity index (χ1n) is 4.90. The number of aromatic hydroxyl groups is 3. The van der Waals surface area contributed by atoms with Crippen molar-refractivity contribution in [1.29, 1.82) is 0 Å². The Morgan fingerprint density at radius 3 is 2.06 bits per heavy atom. The van der Waals surface area contributed by atoms with Crippen molar-refractivity contribution in [3.8, 4) is 28.4 Å². The lowest BCUT2D eigenvalue weighted by Crippen LogP contribution is -1.84. The van der Waals surface area contributed by atoms with Gasteiger partial charge in [0.15, 0.2) is 0 Å². The van der Waals surface area contributed by atoms with Gasteiger partial charge in [0.25, 0.3) is 0 Å². The largest absolute Gasteiger partial charge is 0.508 e. The summed E-state index contributed by atoms with van der Waals surface area (Å²) in [6.45, 7) is 1.83. The van der Waals surface area contributed by atoms with E-state index in [1.807, 2.05) is 6.92 Å². The number of phenols is 3. The molecule has 82 valence electrons. The van der Waals surface area contributed by atoms with Gasteiger partial charge >= 0.3 is 0 Å². The third-order valence-corrected chi connectivity index (χ3v) is 2.48. The molecule has 3 N–H and O–H groups in total. The predicted octanol–water partition coefficient (Wildman–Crippen LogP) is 2.78. The van der Waals surface area contributed by atoms with Crippen LogP contribution in [0.4, 0.5) is 0 Å².